The molecule has 0 radical (unpaired) electrons. The van der Waals surface area contributed by atoms with Crippen LogP contribution in [-0.2, 0) is 22.6 Å². The molecule has 3 rings (SSSR count). The highest BCUT2D eigenvalue weighted by atomic mass is 35.5. The number of anilines is 1. The first-order valence-corrected chi connectivity index (χ1v) is 7.52. The molecule has 1 aromatic carbocycles. The van der Waals surface area contributed by atoms with Gasteiger partial charge in [0.15, 0.2) is 0 Å². The number of hydrogen-bond donors (Lipinski definition) is 1. The molecule has 2 aromatic rings. The zero-order valence-electron chi connectivity index (χ0n) is 12.4. The van der Waals surface area contributed by atoms with E-state index in [-0.39, 0.29) is 18.4 Å². The molecule has 0 fully saturated rings. The van der Waals surface area contributed by atoms with Gasteiger partial charge < -0.3 is 10.2 Å². The molecule has 0 aliphatic carbocycles. The fourth-order valence-electron chi connectivity index (χ4n) is 2.56. The number of carbonyl (C=O) groups excluding carboxylic acids is 2. The van der Waals surface area contributed by atoms with Crippen molar-refractivity contribution in [1.29, 1.82) is 0 Å². The Labute approximate surface area is 137 Å². The van der Waals surface area contributed by atoms with E-state index >= 15 is 0 Å². The van der Waals surface area contributed by atoms with Crippen molar-refractivity contribution < 1.29 is 9.59 Å². The Morgan fingerprint density at radius 2 is 2.26 bits per heavy atom. The summed E-state index contributed by atoms with van der Waals surface area (Å²) in [7, 11) is 0. The Bertz CT molecular complexity index is 733. The average molecular weight is 335 g/mol. The van der Waals surface area contributed by atoms with Gasteiger partial charge in [0.25, 0.3) is 0 Å². The average Bonchev–Trinajstić information content (AvgIpc) is 3.15. The van der Waals surface area contributed by atoms with Crippen molar-refractivity contribution in [1.82, 2.24) is 25.5 Å². The van der Waals surface area contributed by atoms with Crippen LogP contribution in [0.15, 0.2) is 24.5 Å². The molecule has 23 heavy (non-hydrogen) atoms. The summed E-state index contributed by atoms with van der Waals surface area (Å²) in [6.07, 6.45) is 2.12. The maximum Gasteiger partial charge on any atom is 0.249 e. The van der Waals surface area contributed by atoms with Crippen LogP contribution in [-0.4, -0.2) is 44.6 Å². The van der Waals surface area contributed by atoms with Crippen molar-refractivity contribution in [2.75, 3.05) is 11.4 Å². The summed E-state index contributed by atoms with van der Waals surface area (Å²) in [5.74, 6) is -0.500. The van der Waals surface area contributed by atoms with E-state index in [1.54, 1.807) is 17.9 Å². The van der Waals surface area contributed by atoms with Crippen LogP contribution in [0.2, 0.25) is 5.02 Å². The number of aromatic nitrogens is 4. The molecule has 0 saturated carbocycles. The molecular weight excluding hydrogens is 320 g/mol. The van der Waals surface area contributed by atoms with Gasteiger partial charge in [0.05, 0.1) is 0 Å². The molecular formula is C14H15ClN6O2. The number of carbonyl (C=O) groups is 2. The lowest BCUT2D eigenvalue weighted by Gasteiger charge is -2.22. The number of nitrogens with one attached hydrogen (secondary N) is 1. The lowest BCUT2D eigenvalue weighted by molar-refractivity contribution is -0.127. The second kappa shape index (κ2) is 6.33. The molecule has 2 amide bonds. The zero-order chi connectivity index (χ0) is 16.4. The van der Waals surface area contributed by atoms with Crippen molar-refractivity contribution in [3.8, 4) is 0 Å². The maximum absolute atomic E-state index is 12.6. The van der Waals surface area contributed by atoms with Crippen molar-refractivity contribution >= 4 is 29.1 Å². The van der Waals surface area contributed by atoms with Crippen LogP contribution in [0.25, 0.3) is 0 Å². The van der Waals surface area contributed by atoms with Gasteiger partial charge in [0.1, 0.15) is 18.9 Å². The molecule has 0 unspecified atom stereocenters. The highest BCUT2D eigenvalue weighted by Gasteiger charge is 2.29. The summed E-state index contributed by atoms with van der Waals surface area (Å²) < 4.78 is 1.29. The fourth-order valence-corrected chi connectivity index (χ4v) is 2.73. The highest BCUT2D eigenvalue weighted by molar-refractivity contribution is 6.31. The van der Waals surface area contributed by atoms with Crippen LogP contribution < -0.4 is 10.2 Å². The van der Waals surface area contributed by atoms with Crippen LogP contribution >= 0.6 is 11.6 Å². The number of benzene rings is 1. The number of tetrazole rings is 1. The van der Waals surface area contributed by atoms with E-state index in [1.165, 1.54) is 11.0 Å². The molecule has 0 spiro atoms. The molecule has 0 bridgehead atoms. The molecule has 1 N–H and O–H groups in total. The summed E-state index contributed by atoms with van der Waals surface area (Å²) in [5, 5.41) is 13.8. The first-order chi connectivity index (χ1) is 11.0. The number of halogens is 1. The van der Waals surface area contributed by atoms with Gasteiger partial charge in [0, 0.05) is 17.3 Å². The largest absolute Gasteiger partial charge is 0.343 e. The lowest BCUT2D eigenvalue weighted by Crippen LogP contribution is -2.47. The second-order valence-corrected chi connectivity index (χ2v) is 5.75. The van der Waals surface area contributed by atoms with Gasteiger partial charge in [0.2, 0.25) is 11.8 Å². The monoisotopic (exact) mass is 334 g/mol. The van der Waals surface area contributed by atoms with E-state index in [0.717, 1.165) is 17.7 Å². The van der Waals surface area contributed by atoms with Gasteiger partial charge in [-0.15, -0.1) is 5.10 Å². The number of rotatable bonds is 4. The number of amides is 2. The fraction of sp³-hybridized carbons (Fsp3) is 0.357. The summed E-state index contributed by atoms with van der Waals surface area (Å²) >= 11 is 6.01. The molecule has 2 heterocycles. The summed E-state index contributed by atoms with van der Waals surface area (Å²) in [5.41, 5.74) is 1.89. The van der Waals surface area contributed by atoms with Crippen molar-refractivity contribution in [2.24, 2.45) is 0 Å². The van der Waals surface area contributed by atoms with Crippen LogP contribution in [0.3, 0.4) is 0 Å². The minimum atomic E-state index is -0.649. The first kappa shape index (κ1) is 15.4. The smallest absolute Gasteiger partial charge is 0.249 e. The third kappa shape index (κ3) is 3.31. The minimum Gasteiger partial charge on any atom is -0.343 e. The maximum atomic E-state index is 12.6. The van der Waals surface area contributed by atoms with Gasteiger partial charge >= 0.3 is 0 Å². The molecule has 120 valence electrons. The standard InChI is InChI=1S/C14H15ClN6O2/c1-9(17-13(22)7-20-8-16-18-19-20)14(23)21-5-4-10-2-3-11(15)6-12(10)21/h2-3,6,8-9H,4-5,7H2,1H3,(H,17,22)/t9-/m1/s1. The topological polar surface area (TPSA) is 93.0 Å². The van der Waals surface area contributed by atoms with E-state index in [2.05, 4.69) is 20.8 Å². The highest BCUT2D eigenvalue weighted by Crippen LogP contribution is 2.31. The number of nitrogens with zero attached hydrogens (tertiary/aromatic N) is 5. The molecule has 9 heteroatoms. The van der Waals surface area contributed by atoms with Crippen LogP contribution in [0.1, 0.15) is 12.5 Å². The van der Waals surface area contributed by atoms with E-state index in [9.17, 15) is 9.59 Å². The molecule has 8 nitrogen and oxygen atoms in total. The van der Waals surface area contributed by atoms with Crippen LogP contribution in [0.5, 0.6) is 0 Å². The predicted molar refractivity (Wildman–Crippen MR) is 82.9 cm³/mol. The SMILES string of the molecule is C[C@@H](NC(=O)Cn1cnnn1)C(=O)N1CCc2ccc(Cl)cc21. The molecule has 1 atom stereocenters. The second-order valence-electron chi connectivity index (χ2n) is 5.31. The Morgan fingerprint density at radius 3 is 3.00 bits per heavy atom. The van der Waals surface area contributed by atoms with Gasteiger partial charge in [-0.1, -0.05) is 17.7 Å². The van der Waals surface area contributed by atoms with Gasteiger partial charge in [-0.05, 0) is 41.5 Å². The van der Waals surface area contributed by atoms with Gasteiger partial charge in [-0.25, -0.2) is 4.68 Å². The third-order valence-corrected chi connectivity index (χ3v) is 3.89. The Kier molecular flexibility index (Phi) is 4.24. The minimum absolute atomic E-state index is 0.0347. The Balaban J connectivity index is 1.65. The van der Waals surface area contributed by atoms with Gasteiger partial charge in [-0.2, -0.15) is 0 Å². The van der Waals surface area contributed by atoms with E-state index < -0.39 is 6.04 Å². The van der Waals surface area contributed by atoms with Gasteiger partial charge in [-0.3, -0.25) is 9.59 Å². The lowest BCUT2D eigenvalue weighted by atomic mass is 10.2. The number of hydrogen-bond acceptors (Lipinski definition) is 5. The normalized spacial score (nSPS) is 14.4. The van der Waals surface area contributed by atoms with Crippen molar-refractivity contribution in [3.63, 3.8) is 0 Å². The summed E-state index contributed by atoms with van der Waals surface area (Å²) in [6, 6.07) is 4.86. The summed E-state index contributed by atoms with van der Waals surface area (Å²) in [4.78, 5) is 26.2. The van der Waals surface area contributed by atoms with Crippen molar-refractivity contribution in [3.05, 3.63) is 35.1 Å². The molecule has 1 aliphatic heterocycles. The molecule has 1 aromatic heterocycles. The third-order valence-electron chi connectivity index (χ3n) is 3.65. The van der Waals surface area contributed by atoms with E-state index in [4.69, 9.17) is 11.6 Å². The zero-order valence-corrected chi connectivity index (χ0v) is 13.2. The van der Waals surface area contributed by atoms with Crippen molar-refractivity contribution in [2.45, 2.75) is 25.9 Å². The predicted octanol–water partition coefficient (Wildman–Crippen LogP) is 0.420. The van der Waals surface area contributed by atoms with Crippen LogP contribution in [0, 0.1) is 0 Å². The summed E-state index contributed by atoms with van der Waals surface area (Å²) in [6.45, 7) is 2.21. The number of fused-ring (bicyclic) bond motifs is 1. The quantitative estimate of drug-likeness (QED) is 0.874. The molecule has 1 aliphatic rings. The Hall–Kier alpha value is -2.48. The van der Waals surface area contributed by atoms with E-state index in [0.29, 0.717) is 11.6 Å². The van der Waals surface area contributed by atoms with E-state index in [1.807, 2.05) is 12.1 Å². The molecule has 0 saturated heterocycles. The Morgan fingerprint density at radius 1 is 1.43 bits per heavy atom. The first-order valence-electron chi connectivity index (χ1n) is 7.14. The van der Waals surface area contributed by atoms with Crippen LogP contribution in [0.4, 0.5) is 5.69 Å².